The van der Waals surface area contributed by atoms with Gasteiger partial charge in [0.05, 0.1) is 0 Å². The molecule has 1 saturated heterocycles. The van der Waals surface area contributed by atoms with E-state index in [-0.39, 0.29) is 0 Å². The molecule has 2 heteroatoms. The SMILES string of the molecule is CN1CCCC1=O.c1ccc2c(c1)-c1cccc3cccc-2c13. The van der Waals surface area contributed by atoms with Crippen LogP contribution in [0, 0.1) is 0 Å². The van der Waals surface area contributed by atoms with Crippen molar-refractivity contribution in [3.05, 3.63) is 60.7 Å². The molecule has 0 bridgehead atoms. The Labute approximate surface area is 136 Å². The van der Waals surface area contributed by atoms with Crippen molar-refractivity contribution in [3.8, 4) is 22.3 Å². The molecule has 0 atom stereocenters. The topological polar surface area (TPSA) is 20.3 Å². The number of rotatable bonds is 0. The molecule has 23 heavy (non-hydrogen) atoms. The second-order valence-electron chi connectivity index (χ2n) is 6.17. The highest BCUT2D eigenvalue weighted by atomic mass is 16.2. The van der Waals surface area contributed by atoms with Crippen LogP contribution >= 0.6 is 0 Å². The third kappa shape index (κ3) is 2.31. The lowest BCUT2D eigenvalue weighted by Crippen LogP contribution is -2.17. The summed E-state index contributed by atoms with van der Waals surface area (Å²) in [5.74, 6) is 0.292. The Morgan fingerprint density at radius 1 is 0.783 bits per heavy atom. The number of likely N-dealkylation sites (tertiary alicyclic amines) is 1. The molecule has 0 spiro atoms. The van der Waals surface area contributed by atoms with Crippen molar-refractivity contribution < 1.29 is 4.79 Å². The van der Waals surface area contributed by atoms with Gasteiger partial charge in [0.1, 0.15) is 0 Å². The van der Waals surface area contributed by atoms with Gasteiger partial charge in [-0.25, -0.2) is 0 Å². The zero-order valence-corrected chi connectivity index (χ0v) is 13.3. The van der Waals surface area contributed by atoms with Crippen LogP contribution in [0.1, 0.15) is 12.8 Å². The Morgan fingerprint density at radius 2 is 1.35 bits per heavy atom. The lowest BCUT2D eigenvalue weighted by Gasteiger charge is -2.03. The summed E-state index contributed by atoms with van der Waals surface area (Å²) < 4.78 is 0. The molecule has 5 rings (SSSR count). The van der Waals surface area contributed by atoms with Crippen LogP contribution in [0.4, 0.5) is 0 Å². The van der Waals surface area contributed by atoms with Crippen LogP contribution in [-0.4, -0.2) is 24.4 Å². The maximum Gasteiger partial charge on any atom is 0.222 e. The van der Waals surface area contributed by atoms with Gasteiger partial charge in [0.25, 0.3) is 0 Å². The van der Waals surface area contributed by atoms with Gasteiger partial charge in [-0.2, -0.15) is 0 Å². The molecule has 0 saturated carbocycles. The first kappa shape index (κ1) is 14.0. The Morgan fingerprint density at radius 3 is 1.78 bits per heavy atom. The van der Waals surface area contributed by atoms with Crippen LogP contribution in [0.15, 0.2) is 60.7 Å². The molecule has 3 aromatic rings. The van der Waals surface area contributed by atoms with E-state index < -0.39 is 0 Å². The Bertz CT molecular complexity index is 839. The molecule has 0 radical (unpaired) electrons. The van der Waals surface area contributed by atoms with Crippen LogP contribution in [-0.2, 0) is 4.79 Å². The standard InChI is InChI=1S/C16H10.C5H9NO/c1-2-8-13-12(7-1)14-9-3-5-11-6-4-10-15(13)16(11)14;1-6-4-2-3-5(6)7/h1-10H;2-4H2,1H3. The number of amides is 1. The summed E-state index contributed by atoms with van der Waals surface area (Å²) in [5.41, 5.74) is 5.50. The maximum absolute atomic E-state index is 10.5. The molecule has 0 aromatic heterocycles. The second-order valence-corrected chi connectivity index (χ2v) is 6.17. The Kier molecular flexibility index (Phi) is 3.38. The van der Waals surface area contributed by atoms with E-state index in [1.54, 1.807) is 4.90 Å². The predicted octanol–water partition coefficient (Wildman–Crippen LogP) is 4.73. The average molecular weight is 301 g/mol. The highest BCUT2D eigenvalue weighted by Gasteiger charge is 2.19. The highest BCUT2D eigenvalue weighted by molar-refractivity contribution is 6.15. The Balaban J connectivity index is 0.000000164. The molecule has 1 aliphatic heterocycles. The van der Waals surface area contributed by atoms with Crippen LogP contribution in [0.2, 0.25) is 0 Å². The smallest absolute Gasteiger partial charge is 0.222 e. The van der Waals surface area contributed by atoms with E-state index in [4.69, 9.17) is 0 Å². The molecule has 2 aliphatic rings. The van der Waals surface area contributed by atoms with Gasteiger partial charge in [-0.05, 0) is 39.4 Å². The van der Waals surface area contributed by atoms with E-state index in [1.165, 1.54) is 33.0 Å². The van der Waals surface area contributed by atoms with Crippen molar-refractivity contribution in [2.45, 2.75) is 12.8 Å². The summed E-state index contributed by atoms with van der Waals surface area (Å²) >= 11 is 0. The number of hydrogen-bond acceptors (Lipinski definition) is 1. The van der Waals surface area contributed by atoms with Gasteiger partial charge in [-0.1, -0.05) is 60.7 Å². The van der Waals surface area contributed by atoms with E-state index in [2.05, 4.69) is 60.7 Å². The molecule has 114 valence electrons. The molecule has 1 heterocycles. The van der Waals surface area contributed by atoms with Crippen LogP contribution in [0.5, 0.6) is 0 Å². The first-order chi connectivity index (χ1) is 11.3. The minimum absolute atomic E-state index is 0.292. The summed E-state index contributed by atoms with van der Waals surface area (Å²) in [6.07, 6.45) is 1.81. The van der Waals surface area contributed by atoms with E-state index in [1.807, 2.05) is 7.05 Å². The molecular formula is C21H19NO. The monoisotopic (exact) mass is 301 g/mol. The van der Waals surface area contributed by atoms with Gasteiger partial charge in [0.2, 0.25) is 5.91 Å². The van der Waals surface area contributed by atoms with Crippen molar-refractivity contribution in [1.82, 2.24) is 4.90 Å². The van der Waals surface area contributed by atoms with Gasteiger partial charge in [-0.15, -0.1) is 0 Å². The van der Waals surface area contributed by atoms with Gasteiger partial charge in [-0.3, -0.25) is 4.79 Å². The van der Waals surface area contributed by atoms with Crippen molar-refractivity contribution in [3.63, 3.8) is 0 Å². The van der Waals surface area contributed by atoms with Crippen molar-refractivity contribution >= 4 is 16.7 Å². The minimum Gasteiger partial charge on any atom is -0.346 e. The van der Waals surface area contributed by atoms with Gasteiger partial charge < -0.3 is 4.90 Å². The first-order valence-corrected chi connectivity index (χ1v) is 8.11. The average Bonchev–Trinajstić information content (AvgIpc) is 3.12. The summed E-state index contributed by atoms with van der Waals surface area (Å²) in [6, 6.07) is 21.8. The quantitative estimate of drug-likeness (QED) is 0.460. The number of hydrogen-bond donors (Lipinski definition) is 0. The number of nitrogens with zero attached hydrogens (tertiary/aromatic N) is 1. The zero-order valence-electron chi connectivity index (χ0n) is 13.3. The largest absolute Gasteiger partial charge is 0.346 e. The van der Waals surface area contributed by atoms with E-state index in [0.29, 0.717) is 5.91 Å². The molecule has 2 nitrogen and oxygen atoms in total. The Hall–Kier alpha value is -2.61. The highest BCUT2D eigenvalue weighted by Crippen LogP contribution is 2.46. The van der Waals surface area contributed by atoms with Crippen molar-refractivity contribution in [2.75, 3.05) is 13.6 Å². The van der Waals surface area contributed by atoms with Gasteiger partial charge in [0, 0.05) is 20.0 Å². The fraction of sp³-hybridized carbons (Fsp3) is 0.190. The fourth-order valence-electron chi connectivity index (χ4n) is 3.53. The summed E-state index contributed by atoms with van der Waals surface area (Å²) in [6.45, 7) is 0.957. The maximum atomic E-state index is 10.5. The zero-order chi connectivity index (χ0) is 15.8. The normalized spacial score (nSPS) is 14.7. The van der Waals surface area contributed by atoms with Crippen LogP contribution in [0.3, 0.4) is 0 Å². The van der Waals surface area contributed by atoms with Gasteiger partial charge >= 0.3 is 0 Å². The minimum atomic E-state index is 0.292. The predicted molar refractivity (Wildman–Crippen MR) is 95.2 cm³/mol. The summed E-state index contributed by atoms with van der Waals surface area (Å²) in [5, 5.41) is 2.75. The van der Waals surface area contributed by atoms with Crippen molar-refractivity contribution in [2.24, 2.45) is 0 Å². The van der Waals surface area contributed by atoms with E-state index in [0.717, 1.165) is 19.4 Å². The fourth-order valence-corrected chi connectivity index (χ4v) is 3.53. The second kappa shape index (κ2) is 5.54. The number of benzene rings is 3. The molecule has 0 unspecified atom stereocenters. The molecule has 1 fully saturated rings. The van der Waals surface area contributed by atoms with E-state index in [9.17, 15) is 4.79 Å². The molecule has 1 amide bonds. The third-order valence-electron chi connectivity index (χ3n) is 4.72. The molecule has 1 aliphatic carbocycles. The summed E-state index contributed by atoms with van der Waals surface area (Å²) in [7, 11) is 1.84. The van der Waals surface area contributed by atoms with Crippen LogP contribution < -0.4 is 0 Å². The molecular weight excluding hydrogens is 282 g/mol. The third-order valence-corrected chi connectivity index (χ3v) is 4.72. The summed E-state index contributed by atoms with van der Waals surface area (Å²) in [4.78, 5) is 12.3. The number of carbonyl (C=O) groups is 1. The lowest BCUT2D eigenvalue weighted by atomic mass is 10.0. The molecule has 3 aromatic carbocycles. The van der Waals surface area contributed by atoms with Crippen LogP contribution in [0.25, 0.3) is 33.0 Å². The van der Waals surface area contributed by atoms with Crippen molar-refractivity contribution in [1.29, 1.82) is 0 Å². The molecule has 0 N–H and O–H groups in total. The first-order valence-electron chi connectivity index (χ1n) is 8.11. The van der Waals surface area contributed by atoms with Gasteiger partial charge in [0.15, 0.2) is 0 Å². The number of carbonyl (C=O) groups excluding carboxylic acids is 1. The lowest BCUT2D eigenvalue weighted by molar-refractivity contribution is -0.126. The number of fused-ring (bicyclic) bond motifs is 3. The van der Waals surface area contributed by atoms with E-state index >= 15 is 0 Å².